The van der Waals surface area contributed by atoms with Crippen molar-refractivity contribution in [3.63, 3.8) is 0 Å². The summed E-state index contributed by atoms with van der Waals surface area (Å²) in [5, 5.41) is -0.690. The molecule has 2 unspecified atom stereocenters. The van der Waals surface area contributed by atoms with Crippen molar-refractivity contribution in [3.8, 4) is 0 Å². The number of carbonyl (C=O) groups is 2. The molecule has 0 radical (unpaired) electrons. The molecule has 0 N–H and O–H groups in total. The molecule has 1 fully saturated rings. The molecule has 2 aromatic rings. The molecular weight excluding hydrogens is 451 g/mol. The zero-order valence-corrected chi connectivity index (χ0v) is 18.6. The van der Waals surface area contributed by atoms with Crippen molar-refractivity contribution >= 4 is 45.0 Å². The summed E-state index contributed by atoms with van der Waals surface area (Å²) in [6.45, 7) is 3.12. The van der Waals surface area contributed by atoms with Crippen LogP contribution in [0.5, 0.6) is 0 Å². The first kappa shape index (κ1) is 22.6. The Hall–Kier alpha value is -2.09. The maximum atomic E-state index is 13.5. The smallest absolute Gasteiger partial charge is 0.325 e. The Balaban J connectivity index is 2.21. The Labute approximate surface area is 185 Å². The van der Waals surface area contributed by atoms with Crippen molar-refractivity contribution in [3.05, 3.63) is 64.1 Å². The van der Waals surface area contributed by atoms with Crippen molar-refractivity contribution in [2.24, 2.45) is 5.41 Å². The molecule has 1 aliphatic carbocycles. The third-order valence-corrected chi connectivity index (χ3v) is 7.77. The van der Waals surface area contributed by atoms with Gasteiger partial charge in [0.2, 0.25) is 0 Å². The van der Waals surface area contributed by atoms with E-state index in [-0.39, 0.29) is 18.1 Å². The monoisotopic (exact) mass is 470 g/mol. The maximum absolute atomic E-state index is 13.5. The summed E-state index contributed by atoms with van der Waals surface area (Å²) < 4.78 is 37.3. The minimum atomic E-state index is -4.13. The van der Waals surface area contributed by atoms with Gasteiger partial charge in [-0.05, 0) is 55.8 Å². The molecule has 2 atom stereocenters. The van der Waals surface area contributed by atoms with Crippen LogP contribution in [0, 0.1) is 5.41 Å². The molecule has 0 aromatic heterocycles. The Morgan fingerprint density at radius 2 is 1.50 bits per heavy atom. The van der Waals surface area contributed by atoms with Gasteiger partial charge in [0.05, 0.1) is 18.1 Å². The summed E-state index contributed by atoms with van der Waals surface area (Å²) in [5.74, 6) is -2.87. The number of esters is 2. The summed E-state index contributed by atoms with van der Waals surface area (Å²) in [5.41, 5.74) is -1.58. The van der Waals surface area contributed by atoms with Gasteiger partial charge in [-0.2, -0.15) is 0 Å². The van der Waals surface area contributed by atoms with Gasteiger partial charge < -0.3 is 9.47 Å². The van der Waals surface area contributed by atoms with Crippen LogP contribution in [-0.4, -0.2) is 38.8 Å². The minimum absolute atomic E-state index is 0.0179. The van der Waals surface area contributed by atoms with E-state index >= 15 is 0 Å². The molecule has 0 amide bonds. The predicted molar refractivity (Wildman–Crippen MR) is 112 cm³/mol. The molecule has 0 spiro atoms. The number of carbonyl (C=O) groups excluding carboxylic acids is 2. The van der Waals surface area contributed by atoms with E-state index in [1.165, 1.54) is 30.3 Å². The molecule has 0 aliphatic heterocycles. The number of hydrogen-bond acceptors (Lipinski definition) is 6. The quantitative estimate of drug-likeness (QED) is 0.448. The molecule has 1 aliphatic rings. The summed E-state index contributed by atoms with van der Waals surface area (Å²) in [7, 11) is -4.13. The van der Waals surface area contributed by atoms with Crippen LogP contribution in [0.1, 0.15) is 25.3 Å². The molecule has 30 heavy (non-hydrogen) atoms. The van der Waals surface area contributed by atoms with E-state index in [0.717, 1.165) is 0 Å². The average molecular weight is 471 g/mol. The molecule has 2 aromatic carbocycles. The zero-order valence-electron chi connectivity index (χ0n) is 16.3. The number of ether oxygens (including phenoxy) is 2. The third kappa shape index (κ3) is 3.70. The summed E-state index contributed by atoms with van der Waals surface area (Å²) >= 11 is 12.0. The maximum Gasteiger partial charge on any atom is 0.325 e. The molecule has 9 heteroatoms. The third-order valence-electron chi connectivity index (χ3n) is 5.04. The van der Waals surface area contributed by atoms with E-state index in [9.17, 15) is 18.0 Å². The average Bonchev–Trinajstić information content (AvgIpc) is 3.41. The Morgan fingerprint density at radius 1 is 0.933 bits per heavy atom. The largest absolute Gasteiger partial charge is 0.465 e. The van der Waals surface area contributed by atoms with Crippen molar-refractivity contribution in [1.82, 2.24) is 0 Å². The van der Waals surface area contributed by atoms with Crippen LogP contribution in [-0.2, 0) is 28.9 Å². The van der Waals surface area contributed by atoms with Gasteiger partial charge in [-0.1, -0.05) is 35.3 Å². The number of halogens is 2. The number of rotatable bonds is 7. The van der Waals surface area contributed by atoms with E-state index in [4.69, 9.17) is 32.7 Å². The van der Waals surface area contributed by atoms with Gasteiger partial charge in [-0.15, -0.1) is 0 Å². The number of sulfone groups is 1. The number of benzene rings is 2. The fourth-order valence-corrected chi connectivity index (χ4v) is 6.37. The molecule has 3 rings (SSSR count). The topological polar surface area (TPSA) is 86.7 Å². The van der Waals surface area contributed by atoms with Crippen molar-refractivity contribution < 1.29 is 27.5 Å². The lowest BCUT2D eigenvalue weighted by atomic mass is 9.99. The van der Waals surface area contributed by atoms with Crippen LogP contribution >= 0.6 is 23.2 Å². The molecular formula is C21H20Cl2O6S. The van der Waals surface area contributed by atoms with Crippen LogP contribution in [0.15, 0.2) is 53.4 Å². The van der Waals surface area contributed by atoms with Crippen molar-refractivity contribution in [1.29, 1.82) is 0 Å². The Bertz CT molecular complexity index is 1050. The fourth-order valence-electron chi connectivity index (χ4n) is 3.76. The van der Waals surface area contributed by atoms with Crippen LogP contribution < -0.4 is 0 Å². The van der Waals surface area contributed by atoms with E-state index in [1.54, 1.807) is 32.0 Å². The van der Waals surface area contributed by atoms with Gasteiger partial charge in [0, 0.05) is 16.0 Å². The van der Waals surface area contributed by atoms with Gasteiger partial charge in [-0.3, -0.25) is 9.59 Å². The van der Waals surface area contributed by atoms with Gasteiger partial charge in [-0.25, -0.2) is 8.42 Å². The molecule has 6 nitrogen and oxygen atoms in total. The standard InChI is InChI=1S/C21H20Cl2O6S/c1-3-28-19(24)21(20(25)29-4-2)17(13-6-5-7-15(23)12-13)18(21)30(26,27)16-10-8-14(22)9-11-16/h5-12,17-18H,3-4H2,1-2H3. The second kappa shape index (κ2) is 8.57. The highest BCUT2D eigenvalue weighted by Crippen LogP contribution is 2.65. The van der Waals surface area contributed by atoms with Crippen LogP contribution in [0.3, 0.4) is 0 Å². The normalized spacial score (nSPS) is 19.7. The fraction of sp³-hybridized carbons (Fsp3) is 0.333. The first-order valence-electron chi connectivity index (χ1n) is 9.30. The lowest BCUT2D eigenvalue weighted by Gasteiger charge is -2.15. The summed E-state index contributed by atoms with van der Waals surface area (Å²) in [6.07, 6.45) is 0. The van der Waals surface area contributed by atoms with E-state index in [1.807, 2.05) is 0 Å². The molecule has 1 saturated carbocycles. The lowest BCUT2D eigenvalue weighted by molar-refractivity contribution is -0.164. The van der Waals surface area contributed by atoms with Crippen molar-refractivity contribution in [2.45, 2.75) is 29.9 Å². The van der Waals surface area contributed by atoms with Gasteiger partial charge >= 0.3 is 11.9 Å². The van der Waals surface area contributed by atoms with Crippen molar-refractivity contribution in [2.75, 3.05) is 13.2 Å². The second-order valence-corrected chi connectivity index (χ2v) is 9.70. The highest BCUT2D eigenvalue weighted by Gasteiger charge is 2.81. The lowest BCUT2D eigenvalue weighted by Crippen LogP contribution is -2.35. The number of hydrogen-bond donors (Lipinski definition) is 0. The van der Waals surface area contributed by atoms with Crippen LogP contribution in [0.25, 0.3) is 0 Å². The van der Waals surface area contributed by atoms with Gasteiger partial charge in [0.15, 0.2) is 15.3 Å². The SMILES string of the molecule is CCOC(=O)C1(C(=O)OCC)C(c2cccc(Cl)c2)C1S(=O)(=O)c1ccc(Cl)cc1. The van der Waals surface area contributed by atoms with E-state index in [2.05, 4.69) is 0 Å². The predicted octanol–water partition coefficient (Wildman–Crippen LogP) is 4.05. The molecule has 0 saturated heterocycles. The second-order valence-electron chi connectivity index (χ2n) is 6.76. The summed E-state index contributed by atoms with van der Waals surface area (Å²) in [6, 6.07) is 12.0. The van der Waals surface area contributed by atoms with E-state index in [0.29, 0.717) is 15.6 Å². The van der Waals surface area contributed by atoms with Gasteiger partial charge in [0.25, 0.3) is 0 Å². The first-order chi connectivity index (χ1) is 14.2. The van der Waals surface area contributed by atoms with Crippen LogP contribution in [0.4, 0.5) is 0 Å². The molecule has 0 bridgehead atoms. The highest BCUT2D eigenvalue weighted by atomic mass is 35.5. The molecule has 160 valence electrons. The van der Waals surface area contributed by atoms with E-state index < -0.39 is 38.4 Å². The first-order valence-corrected chi connectivity index (χ1v) is 11.6. The Kier molecular flexibility index (Phi) is 6.45. The Morgan fingerprint density at radius 3 is 2.00 bits per heavy atom. The summed E-state index contributed by atoms with van der Waals surface area (Å²) in [4.78, 5) is 26.0. The van der Waals surface area contributed by atoms with Gasteiger partial charge in [0.1, 0.15) is 5.25 Å². The highest BCUT2D eigenvalue weighted by molar-refractivity contribution is 7.92. The molecule has 0 heterocycles. The van der Waals surface area contributed by atoms with Crippen LogP contribution in [0.2, 0.25) is 10.0 Å². The minimum Gasteiger partial charge on any atom is -0.465 e. The zero-order chi connectivity index (χ0) is 22.1.